The smallest absolute Gasteiger partial charge is 0.347 e. The van der Waals surface area contributed by atoms with E-state index in [9.17, 15) is 9.59 Å². The van der Waals surface area contributed by atoms with Crippen molar-refractivity contribution >= 4 is 35.1 Å². The van der Waals surface area contributed by atoms with Gasteiger partial charge in [0, 0.05) is 10.7 Å². The van der Waals surface area contributed by atoms with Crippen LogP contribution in [0.4, 0.5) is 5.69 Å². The molecule has 2 N–H and O–H groups in total. The summed E-state index contributed by atoms with van der Waals surface area (Å²) < 4.78 is 5.15. The Morgan fingerprint density at radius 3 is 2.67 bits per heavy atom. The number of hydrogen-bond acceptors (Lipinski definition) is 4. The van der Waals surface area contributed by atoms with E-state index in [1.807, 2.05) is 0 Å². The number of anilines is 1. The molecular formula is C16H10ClNO3. The minimum absolute atomic E-state index is 0.0460. The van der Waals surface area contributed by atoms with Gasteiger partial charge in [-0.05, 0) is 42.0 Å². The summed E-state index contributed by atoms with van der Waals surface area (Å²) in [7, 11) is 0. The molecule has 0 spiro atoms. The van der Waals surface area contributed by atoms with Crippen LogP contribution in [0.15, 0.2) is 48.0 Å². The van der Waals surface area contributed by atoms with E-state index in [1.54, 1.807) is 30.3 Å². The fourth-order valence-corrected chi connectivity index (χ4v) is 2.27. The average Bonchev–Trinajstić information content (AvgIpc) is 2.45. The molecule has 0 atom stereocenters. The van der Waals surface area contributed by atoms with Gasteiger partial charge >= 0.3 is 5.97 Å². The molecule has 1 aliphatic rings. The Kier molecular flexibility index (Phi) is 3.23. The summed E-state index contributed by atoms with van der Waals surface area (Å²) in [6, 6.07) is 11.4. The van der Waals surface area contributed by atoms with Crippen molar-refractivity contribution in [3.63, 3.8) is 0 Å². The van der Waals surface area contributed by atoms with Crippen LogP contribution in [-0.2, 0) is 4.79 Å². The zero-order valence-electron chi connectivity index (χ0n) is 10.8. The first-order valence-electron chi connectivity index (χ1n) is 6.18. The highest BCUT2D eigenvalue weighted by Gasteiger charge is 2.30. The molecule has 104 valence electrons. The number of hydrogen-bond donors (Lipinski definition) is 1. The van der Waals surface area contributed by atoms with Crippen molar-refractivity contribution in [2.45, 2.75) is 0 Å². The maximum Gasteiger partial charge on any atom is 0.347 e. The summed E-state index contributed by atoms with van der Waals surface area (Å²) in [5.41, 5.74) is 7.11. The number of esters is 1. The zero-order valence-corrected chi connectivity index (χ0v) is 11.6. The molecular weight excluding hydrogens is 290 g/mol. The number of rotatable bonds is 1. The molecule has 5 heteroatoms. The molecule has 0 bridgehead atoms. The zero-order chi connectivity index (χ0) is 15.0. The largest absolute Gasteiger partial charge is 0.422 e. The van der Waals surface area contributed by atoms with Crippen LogP contribution in [0.25, 0.3) is 6.08 Å². The summed E-state index contributed by atoms with van der Waals surface area (Å²) in [6.45, 7) is 0. The van der Waals surface area contributed by atoms with Gasteiger partial charge in [0.1, 0.15) is 11.3 Å². The third kappa shape index (κ3) is 2.53. The van der Waals surface area contributed by atoms with Crippen LogP contribution in [-0.4, -0.2) is 11.8 Å². The molecule has 0 amide bonds. The summed E-state index contributed by atoms with van der Waals surface area (Å²) in [5.74, 6) is -0.873. The summed E-state index contributed by atoms with van der Waals surface area (Å²) in [4.78, 5) is 24.4. The fourth-order valence-electron chi connectivity index (χ4n) is 2.10. The average molecular weight is 300 g/mol. The molecule has 1 heterocycles. The molecule has 0 radical (unpaired) electrons. The Bertz CT molecular complexity index is 796. The first-order chi connectivity index (χ1) is 10.0. The van der Waals surface area contributed by atoms with E-state index >= 15 is 0 Å². The molecule has 0 fully saturated rings. The van der Waals surface area contributed by atoms with Gasteiger partial charge in [-0.3, -0.25) is 4.79 Å². The normalized spacial score (nSPS) is 15.8. The summed E-state index contributed by atoms with van der Waals surface area (Å²) in [6.07, 6.45) is 1.46. The second-order valence-electron chi connectivity index (χ2n) is 4.59. The lowest BCUT2D eigenvalue weighted by Gasteiger charge is -2.17. The molecule has 2 aromatic rings. The fraction of sp³-hybridized carbons (Fsp3) is 0. The topological polar surface area (TPSA) is 69.4 Å². The molecule has 0 aromatic heterocycles. The van der Waals surface area contributed by atoms with E-state index in [0.717, 1.165) is 0 Å². The molecule has 0 saturated heterocycles. The van der Waals surface area contributed by atoms with E-state index in [1.165, 1.54) is 18.2 Å². The Morgan fingerprint density at radius 2 is 1.90 bits per heavy atom. The predicted octanol–water partition coefficient (Wildman–Crippen LogP) is 3.11. The SMILES string of the molecule is Nc1cccc(/C=C2\C(=O)Oc3ccc(Cl)cc3C2=O)c1. The molecule has 0 saturated carbocycles. The van der Waals surface area contributed by atoms with Crippen molar-refractivity contribution < 1.29 is 14.3 Å². The van der Waals surface area contributed by atoms with Crippen molar-refractivity contribution in [1.82, 2.24) is 0 Å². The van der Waals surface area contributed by atoms with Gasteiger partial charge in [-0.1, -0.05) is 23.7 Å². The summed E-state index contributed by atoms with van der Waals surface area (Å²) in [5, 5.41) is 0.406. The van der Waals surface area contributed by atoms with E-state index in [2.05, 4.69) is 0 Å². The highest BCUT2D eigenvalue weighted by Crippen LogP contribution is 2.31. The molecule has 0 aliphatic carbocycles. The van der Waals surface area contributed by atoms with Crippen LogP contribution in [0.2, 0.25) is 5.02 Å². The van der Waals surface area contributed by atoms with Crippen LogP contribution in [0, 0.1) is 0 Å². The first kappa shape index (κ1) is 13.4. The van der Waals surface area contributed by atoms with E-state index in [4.69, 9.17) is 22.1 Å². The first-order valence-corrected chi connectivity index (χ1v) is 6.56. The minimum atomic E-state index is -0.683. The van der Waals surface area contributed by atoms with Crippen LogP contribution < -0.4 is 10.5 Å². The van der Waals surface area contributed by atoms with Crippen molar-refractivity contribution in [1.29, 1.82) is 0 Å². The van der Waals surface area contributed by atoms with Crippen molar-refractivity contribution in [2.24, 2.45) is 0 Å². The van der Waals surface area contributed by atoms with Crippen LogP contribution in [0.3, 0.4) is 0 Å². The lowest BCUT2D eigenvalue weighted by molar-refractivity contribution is -0.130. The number of Topliss-reactive ketones (excluding diaryl/α,β-unsaturated/α-hetero) is 1. The number of carbonyl (C=O) groups excluding carboxylic acids is 2. The molecule has 1 aliphatic heterocycles. The highest BCUT2D eigenvalue weighted by molar-refractivity contribution is 6.33. The van der Waals surface area contributed by atoms with E-state index < -0.39 is 11.8 Å². The quantitative estimate of drug-likeness (QED) is 0.289. The third-order valence-corrected chi connectivity index (χ3v) is 3.31. The van der Waals surface area contributed by atoms with E-state index in [0.29, 0.717) is 16.3 Å². The number of benzene rings is 2. The van der Waals surface area contributed by atoms with Gasteiger partial charge in [0.25, 0.3) is 0 Å². The van der Waals surface area contributed by atoms with Crippen LogP contribution in [0.1, 0.15) is 15.9 Å². The van der Waals surface area contributed by atoms with Gasteiger partial charge in [-0.25, -0.2) is 4.79 Å². The van der Waals surface area contributed by atoms with Gasteiger partial charge < -0.3 is 10.5 Å². The van der Waals surface area contributed by atoms with E-state index in [-0.39, 0.29) is 16.9 Å². The van der Waals surface area contributed by atoms with Gasteiger partial charge in [-0.2, -0.15) is 0 Å². The van der Waals surface area contributed by atoms with Gasteiger partial charge in [0.05, 0.1) is 5.56 Å². The lowest BCUT2D eigenvalue weighted by atomic mass is 9.98. The van der Waals surface area contributed by atoms with Crippen molar-refractivity contribution in [2.75, 3.05) is 5.73 Å². The Balaban J connectivity index is 2.08. The lowest BCUT2D eigenvalue weighted by Crippen LogP contribution is -2.25. The number of nitrogens with two attached hydrogens (primary N) is 1. The van der Waals surface area contributed by atoms with Crippen LogP contribution in [0.5, 0.6) is 5.75 Å². The number of nitrogen functional groups attached to an aromatic ring is 1. The van der Waals surface area contributed by atoms with Gasteiger partial charge in [-0.15, -0.1) is 0 Å². The summed E-state index contributed by atoms with van der Waals surface area (Å²) >= 11 is 5.88. The minimum Gasteiger partial charge on any atom is -0.422 e. The van der Waals surface area contributed by atoms with Gasteiger partial charge in [0.15, 0.2) is 0 Å². The Morgan fingerprint density at radius 1 is 1.10 bits per heavy atom. The maximum absolute atomic E-state index is 12.4. The molecule has 0 unspecified atom stereocenters. The second kappa shape index (κ2) is 5.07. The third-order valence-electron chi connectivity index (χ3n) is 3.08. The number of fused-ring (bicyclic) bond motifs is 1. The molecule has 21 heavy (non-hydrogen) atoms. The van der Waals surface area contributed by atoms with Crippen molar-refractivity contribution in [3.05, 3.63) is 64.2 Å². The maximum atomic E-state index is 12.4. The molecule has 3 rings (SSSR count). The number of carbonyl (C=O) groups is 2. The molecule has 2 aromatic carbocycles. The highest BCUT2D eigenvalue weighted by atomic mass is 35.5. The Labute approximate surface area is 125 Å². The van der Waals surface area contributed by atoms with Crippen LogP contribution >= 0.6 is 11.6 Å². The Hall–Kier alpha value is -2.59. The second-order valence-corrected chi connectivity index (χ2v) is 5.02. The monoisotopic (exact) mass is 299 g/mol. The number of ketones is 1. The predicted molar refractivity (Wildman–Crippen MR) is 80.2 cm³/mol. The number of halogens is 1. The molecule has 4 nitrogen and oxygen atoms in total. The standard InChI is InChI=1S/C16H10ClNO3/c17-10-4-5-14-12(8-10)15(19)13(16(20)21-14)7-9-2-1-3-11(18)6-9/h1-8H,18H2/b13-7-. The van der Waals surface area contributed by atoms with Gasteiger partial charge in [0.2, 0.25) is 5.78 Å². The number of ether oxygens (including phenoxy) is 1. The van der Waals surface area contributed by atoms with Crippen molar-refractivity contribution in [3.8, 4) is 5.75 Å².